The number of nitrogens with zero attached hydrogens (tertiary/aromatic N) is 3. The van der Waals surface area contributed by atoms with E-state index in [0.29, 0.717) is 6.04 Å². The van der Waals surface area contributed by atoms with Gasteiger partial charge in [0.05, 0.1) is 24.3 Å². The maximum Gasteiger partial charge on any atom is 0.229 e. The number of carbonyl (C=O) groups excluding carboxylic acids is 1. The number of piperidine rings is 1. The molecule has 0 saturated carbocycles. The Hall–Kier alpha value is -0.880. The molecule has 4 saturated heterocycles. The highest BCUT2D eigenvalue weighted by Gasteiger charge is 2.47. The Balaban J connectivity index is 1.40. The summed E-state index contributed by atoms with van der Waals surface area (Å²) in [5, 5.41) is 11.5. The van der Waals surface area contributed by atoms with Gasteiger partial charge in [-0.25, -0.2) is 14.8 Å². The molecule has 154 valence electrons. The van der Waals surface area contributed by atoms with E-state index in [4.69, 9.17) is 5.73 Å². The van der Waals surface area contributed by atoms with Crippen LogP contribution in [0.15, 0.2) is 0 Å². The van der Waals surface area contributed by atoms with E-state index in [-0.39, 0.29) is 31.2 Å². The summed E-state index contributed by atoms with van der Waals surface area (Å²) >= 11 is 0. The molecule has 0 bridgehead atoms. The fourth-order valence-corrected chi connectivity index (χ4v) is 4.84. The second-order valence-corrected chi connectivity index (χ2v) is 8.30. The number of alkyl halides is 1. The van der Waals surface area contributed by atoms with Crippen molar-refractivity contribution in [3.63, 3.8) is 0 Å². The average Bonchev–Trinajstić information content (AvgIpc) is 2.98. The summed E-state index contributed by atoms with van der Waals surface area (Å²) in [6.07, 6.45) is -0.690. The van der Waals surface area contributed by atoms with Crippen molar-refractivity contribution >= 4 is 5.91 Å². The fraction of sp³-hybridized carbons (Fsp3) is 0.941. The van der Waals surface area contributed by atoms with Crippen LogP contribution in [-0.2, 0) is 4.79 Å². The first-order valence-electron chi connectivity index (χ1n) is 10.1. The van der Waals surface area contributed by atoms with Crippen LogP contribution in [0.1, 0.15) is 6.42 Å². The van der Waals surface area contributed by atoms with Gasteiger partial charge in [-0.1, -0.05) is 0 Å². The molecule has 0 radical (unpaired) electrons. The van der Waals surface area contributed by atoms with E-state index in [0.717, 1.165) is 45.7 Å². The number of fused-ring (bicyclic) bond motifs is 1. The first-order valence-corrected chi connectivity index (χ1v) is 10.1. The van der Waals surface area contributed by atoms with Gasteiger partial charge in [-0.15, -0.1) is 0 Å². The van der Waals surface area contributed by atoms with Crippen LogP contribution < -0.4 is 27.1 Å². The summed E-state index contributed by atoms with van der Waals surface area (Å²) in [5.74, 6) is -0.493. The summed E-state index contributed by atoms with van der Waals surface area (Å²) < 4.78 is 13.6. The Morgan fingerprint density at radius 2 is 2.00 bits per heavy atom. The van der Waals surface area contributed by atoms with E-state index in [1.807, 2.05) is 0 Å². The summed E-state index contributed by atoms with van der Waals surface area (Å²) in [7, 11) is 2.15. The molecule has 4 aliphatic heterocycles. The SMILES string of the molecule is CN1CCN(C2CCNCC2NC(=O)C2C(N)NN3CC(F)CNC23)CC1. The Kier molecular flexibility index (Phi) is 5.93. The monoisotopic (exact) mass is 384 g/mol. The molecule has 10 heteroatoms. The third-order valence-electron chi connectivity index (χ3n) is 6.40. The number of amides is 1. The maximum atomic E-state index is 13.6. The van der Waals surface area contributed by atoms with Crippen molar-refractivity contribution in [1.82, 2.24) is 36.2 Å². The van der Waals surface area contributed by atoms with Crippen molar-refractivity contribution in [3.05, 3.63) is 0 Å². The molecule has 6 atom stereocenters. The van der Waals surface area contributed by atoms with Gasteiger partial charge in [-0.3, -0.25) is 15.0 Å². The number of hydrogen-bond acceptors (Lipinski definition) is 8. The van der Waals surface area contributed by atoms with Gasteiger partial charge < -0.3 is 21.3 Å². The zero-order chi connectivity index (χ0) is 19.0. The number of halogens is 1. The van der Waals surface area contributed by atoms with Crippen LogP contribution in [0.5, 0.6) is 0 Å². The lowest BCUT2D eigenvalue weighted by molar-refractivity contribution is -0.128. The van der Waals surface area contributed by atoms with E-state index < -0.39 is 18.3 Å². The minimum atomic E-state index is -0.952. The summed E-state index contributed by atoms with van der Waals surface area (Å²) in [6.45, 7) is 6.46. The molecule has 0 aromatic rings. The third-order valence-corrected chi connectivity index (χ3v) is 6.40. The lowest BCUT2D eigenvalue weighted by Crippen LogP contribution is -2.64. The van der Waals surface area contributed by atoms with E-state index in [2.05, 4.69) is 38.2 Å². The number of nitrogens with two attached hydrogens (primary N) is 1. The van der Waals surface area contributed by atoms with Crippen molar-refractivity contribution in [2.75, 3.05) is 59.4 Å². The molecule has 4 fully saturated rings. The third kappa shape index (κ3) is 4.12. The summed E-state index contributed by atoms with van der Waals surface area (Å²) in [6, 6.07) is 0.411. The Labute approximate surface area is 160 Å². The van der Waals surface area contributed by atoms with Crippen molar-refractivity contribution < 1.29 is 9.18 Å². The van der Waals surface area contributed by atoms with Crippen LogP contribution >= 0.6 is 0 Å². The summed E-state index contributed by atoms with van der Waals surface area (Å²) in [5.41, 5.74) is 9.23. The molecule has 27 heavy (non-hydrogen) atoms. The lowest BCUT2D eigenvalue weighted by atomic mass is 9.95. The van der Waals surface area contributed by atoms with Gasteiger partial charge in [-0.2, -0.15) is 0 Å². The van der Waals surface area contributed by atoms with E-state index >= 15 is 0 Å². The van der Waals surface area contributed by atoms with Crippen LogP contribution in [0.25, 0.3) is 0 Å². The number of hydrogen-bond donors (Lipinski definition) is 5. The minimum absolute atomic E-state index is 0.0554. The number of carbonyl (C=O) groups is 1. The van der Waals surface area contributed by atoms with Crippen LogP contribution in [-0.4, -0.2) is 111 Å². The number of nitrogens with one attached hydrogen (secondary N) is 4. The topological polar surface area (TPSA) is 101 Å². The Bertz CT molecular complexity index is 531. The summed E-state index contributed by atoms with van der Waals surface area (Å²) in [4.78, 5) is 17.9. The number of piperazine rings is 1. The molecule has 0 aliphatic carbocycles. The predicted octanol–water partition coefficient (Wildman–Crippen LogP) is -2.93. The molecule has 0 spiro atoms. The van der Waals surface area contributed by atoms with Crippen LogP contribution in [0.4, 0.5) is 4.39 Å². The number of likely N-dealkylation sites (N-methyl/N-ethyl adjacent to an activating group) is 1. The zero-order valence-electron chi connectivity index (χ0n) is 16.0. The molecule has 6 unspecified atom stereocenters. The smallest absolute Gasteiger partial charge is 0.229 e. The van der Waals surface area contributed by atoms with Crippen LogP contribution in [0.3, 0.4) is 0 Å². The van der Waals surface area contributed by atoms with Gasteiger partial charge in [0.1, 0.15) is 6.17 Å². The molecule has 9 nitrogen and oxygen atoms in total. The molecule has 4 rings (SSSR count). The second kappa shape index (κ2) is 8.24. The minimum Gasteiger partial charge on any atom is -0.350 e. The largest absolute Gasteiger partial charge is 0.350 e. The van der Waals surface area contributed by atoms with Crippen LogP contribution in [0.2, 0.25) is 0 Å². The van der Waals surface area contributed by atoms with Gasteiger partial charge in [0, 0.05) is 51.9 Å². The molecule has 4 aliphatic rings. The normalized spacial score (nSPS) is 42.0. The van der Waals surface area contributed by atoms with Gasteiger partial charge in [0.15, 0.2) is 0 Å². The molecule has 0 aromatic carbocycles. The van der Waals surface area contributed by atoms with Crippen molar-refractivity contribution in [2.24, 2.45) is 11.7 Å². The molecular formula is C17H33FN8O. The van der Waals surface area contributed by atoms with Crippen molar-refractivity contribution in [2.45, 2.75) is 37.0 Å². The molecule has 0 aromatic heterocycles. The first kappa shape index (κ1) is 19.4. The average molecular weight is 385 g/mol. The fourth-order valence-electron chi connectivity index (χ4n) is 4.84. The highest BCUT2D eigenvalue weighted by molar-refractivity contribution is 5.81. The van der Waals surface area contributed by atoms with Crippen LogP contribution in [0, 0.1) is 5.92 Å². The second-order valence-electron chi connectivity index (χ2n) is 8.30. The molecular weight excluding hydrogens is 351 g/mol. The van der Waals surface area contributed by atoms with Crippen molar-refractivity contribution in [1.29, 1.82) is 0 Å². The van der Waals surface area contributed by atoms with Gasteiger partial charge >= 0.3 is 0 Å². The number of rotatable bonds is 3. The Morgan fingerprint density at radius 1 is 1.22 bits per heavy atom. The molecule has 4 heterocycles. The lowest BCUT2D eigenvalue weighted by Gasteiger charge is -2.44. The highest BCUT2D eigenvalue weighted by atomic mass is 19.1. The number of hydrazine groups is 1. The predicted molar refractivity (Wildman–Crippen MR) is 100 cm³/mol. The van der Waals surface area contributed by atoms with Gasteiger partial charge in [0.25, 0.3) is 0 Å². The highest BCUT2D eigenvalue weighted by Crippen LogP contribution is 2.23. The molecule has 6 N–H and O–H groups in total. The molecule has 1 amide bonds. The van der Waals surface area contributed by atoms with E-state index in [1.165, 1.54) is 0 Å². The first-order chi connectivity index (χ1) is 13.0. The van der Waals surface area contributed by atoms with Crippen molar-refractivity contribution in [3.8, 4) is 0 Å². The zero-order valence-corrected chi connectivity index (χ0v) is 16.0. The quantitative estimate of drug-likeness (QED) is 0.353. The Morgan fingerprint density at radius 3 is 2.78 bits per heavy atom. The standard InChI is InChI=1S/C17H33FN8O/c1-24-4-6-25(7-5-24)13-2-3-20-9-12(13)22-17(27)14-15(19)23-26-10-11(18)8-21-16(14)26/h11-16,20-21,23H,2-10,19H2,1H3,(H,22,27). The van der Waals surface area contributed by atoms with E-state index in [1.54, 1.807) is 5.01 Å². The maximum absolute atomic E-state index is 13.6. The van der Waals surface area contributed by atoms with Gasteiger partial charge in [0.2, 0.25) is 5.91 Å². The van der Waals surface area contributed by atoms with Gasteiger partial charge in [-0.05, 0) is 20.0 Å². The van der Waals surface area contributed by atoms with E-state index in [9.17, 15) is 9.18 Å².